The van der Waals surface area contributed by atoms with Crippen LogP contribution in [0.4, 0.5) is 0 Å². The summed E-state index contributed by atoms with van der Waals surface area (Å²) in [6.07, 6.45) is 2.28. The van der Waals surface area contributed by atoms with Gasteiger partial charge in [-0.15, -0.1) is 11.3 Å². The number of piperidine rings is 1. The van der Waals surface area contributed by atoms with Gasteiger partial charge in [0, 0.05) is 12.6 Å². The first-order valence-electron chi connectivity index (χ1n) is 6.34. The van der Waals surface area contributed by atoms with Gasteiger partial charge in [0.1, 0.15) is 9.09 Å². The molecule has 8 heteroatoms. The van der Waals surface area contributed by atoms with Crippen molar-refractivity contribution in [1.29, 1.82) is 0 Å². The molecule has 0 bridgehead atoms. The van der Waals surface area contributed by atoms with Crippen molar-refractivity contribution in [2.45, 2.75) is 36.4 Å². The number of aromatic carboxylic acids is 1. The van der Waals surface area contributed by atoms with Crippen molar-refractivity contribution in [2.75, 3.05) is 13.2 Å². The number of carboxylic acids is 1. The van der Waals surface area contributed by atoms with Gasteiger partial charge in [0.05, 0.1) is 6.61 Å². The summed E-state index contributed by atoms with van der Waals surface area (Å²) in [6, 6.07) is 0.983. The molecule has 1 aliphatic heterocycles. The fraction of sp³-hybridized carbons (Fsp3) is 0.583. The van der Waals surface area contributed by atoms with E-state index in [2.05, 4.69) is 0 Å². The summed E-state index contributed by atoms with van der Waals surface area (Å²) in [5.74, 6) is -1.12. The lowest BCUT2D eigenvalue weighted by atomic mass is 10.1. The molecule has 1 saturated heterocycles. The number of aryl methyl sites for hydroxylation is 1. The Balaban J connectivity index is 2.39. The van der Waals surface area contributed by atoms with Gasteiger partial charge in [-0.3, -0.25) is 0 Å². The maximum Gasteiger partial charge on any atom is 0.346 e. The van der Waals surface area contributed by atoms with E-state index in [4.69, 9.17) is 5.11 Å². The number of hydrogen-bond acceptors (Lipinski definition) is 5. The second-order valence-corrected chi connectivity index (χ2v) is 8.00. The monoisotopic (exact) mass is 319 g/mol. The van der Waals surface area contributed by atoms with Gasteiger partial charge in [-0.2, -0.15) is 4.31 Å². The molecule has 2 rings (SSSR count). The van der Waals surface area contributed by atoms with E-state index >= 15 is 0 Å². The summed E-state index contributed by atoms with van der Waals surface area (Å²) >= 11 is 0.770. The number of carboxylic acid groups (broad SMARTS) is 1. The highest BCUT2D eigenvalue weighted by Crippen LogP contribution is 2.31. The van der Waals surface area contributed by atoms with Crippen molar-refractivity contribution < 1.29 is 23.4 Å². The largest absolute Gasteiger partial charge is 0.477 e. The highest BCUT2D eigenvalue weighted by molar-refractivity contribution is 7.91. The molecule has 112 valence electrons. The highest BCUT2D eigenvalue weighted by Gasteiger charge is 2.34. The maximum absolute atomic E-state index is 12.6. The van der Waals surface area contributed by atoms with Crippen LogP contribution in [0.1, 0.15) is 34.5 Å². The van der Waals surface area contributed by atoms with Gasteiger partial charge in [-0.05, 0) is 31.4 Å². The minimum Gasteiger partial charge on any atom is -0.477 e. The molecule has 0 amide bonds. The third-order valence-corrected chi connectivity index (χ3v) is 7.06. The predicted octanol–water partition coefficient (Wildman–Crippen LogP) is 1.29. The van der Waals surface area contributed by atoms with Gasteiger partial charge in [-0.25, -0.2) is 13.2 Å². The molecule has 1 aromatic rings. The van der Waals surface area contributed by atoms with Crippen LogP contribution in [0.2, 0.25) is 0 Å². The first kappa shape index (κ1) is 15.4. The molecule has 20 heavy (non-hydrogen) atoms. The maximum atomic E-state index is 12.6. The average molecular weight is 319 g/mol. The van der Waals surface area contributed by atoms with Crippen molar-refractivity contribution in [3.8, 4) is 0 Å². The second-order valence-electron chi connectivity index (χ2n) is 4.83. The Labute approximate surface area is 121 Å². The Morgan fingerprint density at radius 3 is 2.75 bits per heavy atom. The summed E-state index contributed by atoms with van der Waals surface area (Å²) in [7, 11) is -3.73. The van der Waals surface area contributed by atoms with Crippen molar-refractivity contribution in [3.63, 3.8) is 0 Å². The number of rotatable bonds is 4. The number of aliphatic hydroxyl groups is 1. The first-order valence-corrected chi connectivity index (χ1v) is 8.60. The van der Waals surface area contributed by atoms with Gasteiger partial charge in [0.25, 0.3) is 10.0 Å². The Morgan fingerprint density at radius 1 is 1.50 bits per heavy atom. The molecular weight excluding hydrogens is 302 g/mol. The number of thiophene rings is 1. The van der Waals surface area contributed by atoms with Crippen LogP contribution < -0.4 is 0 Å². The molecule has 6 nitrogen and oxygen atoms in total. The number of carbonyl (C=O) groups is 1. The van der Waals surface area contributed by atoms with Crippen LogP contribution in [0.15, 0.2) is 10.3 Å². The van der Waals surface area contributed by atoms with Crippen LogP contribution in [0.25, 0.3) is 0 Å². The first-order chi connectivity index (χ1) is 9.37. The molecule has 1 atom stereocenters. The van der Waals surface area contributed by atoms with E-state index in [1.165, 1.54) is 10.4 Å². The van der Waals surface area contributed by atoms with Gasteiger partial charge < -0.3 is 10.2 Å². The molecule has 1 aliphatic rings. The Kier molecular flexibility index (Phi) is 4.48. The zero-order chi connectivity index (χ0) is 14.9. The summed E-state index contributed by atoms with van der Waals surface area (Å²) in [5.41, 5.74) is 0.443. The zero-order valence-electron chi connectivity index (χ0n) is 11.1. The Bertz CT molecular complexity index is 607. The number of sulfonamides is 1. The van der Waals surface area contributed by atoms with E-state index in [1.54, 1.807) is 6.92 Å². The van der Waals surface area contributed by atoms with E-state index in [1.807, 2.05) is 0 Å². The SMILES string of the molecule is Cc1cc(S(=O)(=O)N2CCCCC2CO)sc1C(=O)O. The van der Waals surface area contributed by atoms with Crippen molar-refractivity contribution in [2.24, 2.45) is 0 Å². The molecule has 0 saturated carbocycles. The lowest BCUT2D eigenvalue weighted by Gasteiger charge is -2.32. The van der Waals surface area contributed by atoms with Crippen LogP contribution in [0.3, 0.4) is 0 Å². The Morgan fingerprint density at radius 2 is 2.20 bits per heavy atom. The van der Waals surface area contributed by atoms with Crippen molar-refractivity contribution in [1.82, 2.24) is 4.31 Å². The highest BCUT2D eigenvalue weighted by atomic mass is 32.2. The van der Waals surface area contributed by atoms with Crippen LogP contribution >= 0.6 is 11.3 Å². The number of aliphatic hydroxyl groups excluding tert-OH is 1. The Hall–Kier alpha value is -0.960. The van der Waals surface area contributed by atoms with Gasteiger partial charge in [0.2, 0.25) is 0 Å². The van der Waals surface area contributed by atoms with E-state index < -0.39 is 22.0 Å². The third kappa shape index (κ3) is 2.73. The number of nitrogens with zero attached hydrogens (tertiary/aromatic N) is 1. The van der Waals surface area contributed by atoms with Gasteiger partial charge in [-0.1, -0.05) is 6.42 Å². The van der Waals surface area contributed by atoms with Crippen LogP contribution in [-0.2, 0) is 10.0 Å². The van der Waals surface area contributed by atoms with E-state index in [0.717, 1.165) is 24.2 Å². The molecule has 0 aliphatic carbocycles. The predicted molar refractivity (Wildman–Crippen MR) is 74.6 cm³/mol. The quantitative estimate of drug-likeness (QED) is 0.872. The standard InChI is InChI=1S/C12H17NO5S2/c1-8-6-10(19-11(8)12(15)16)20(17,18)13-5-3-2-4-9(13)7-14/h6,9,14H,2-5,7H2,1H3,(H,15,16). The lowest BCUT2D eigenvalue weighted by Crippen LogP contribution is -2.45. The van der Waals surface area contributed by atoms with Gasteiger partial charge in [0.15, 0.2) is 0 Å². The minimum atomic E-state index is -3.73. The van der Waals surface area contributed by atoms with E-state index in [0.29, 0.717) is 18.5 Å². The average Bonchev–Trinajstić information content (AvgIpc) is 2.81. The molecule has 1 fully saturated rings. The number of hydrogen-bond donors (Lipinski definition) is 2. The van der Waals surface area contributed by atoms with Crippen LogP contribution in [0, 0.1) is 6.92 Å². The third-order valence-electron chi connectivity index (χ3n) is 3.44. The van der Waals surface area contributed by atoms with Gasteiger partial charge >= 0.3 is 5.97 Å². The van der Waals surface area contributed by atoms with Crippen molar-refractivity contribution in [3.05, 3.63) is 16.5 Å². The van der Waals surface area contributed by atoms with Crippen molar-refractivity contribution >= 4 is 27.3 Å². The molecule has 2 N–H and O–H groups in total. The molecule has 0 radical (unpaired) electrons. The summed E-state index contributed by atoms with van der Waals surface area (Å²) in [6.45, 7) is 1.74. The second kappa shape index (κ2) is 5.80. The van der Waals surface area contributed by atoms with Crippen LogP contribution in [0.5, 0.6) is 0 Å². The van der Waals surface area contributed by atoms with E-state index in [-0.39, 0.29) is 15.7 Å². The molecule has 1 aromatic heterocycles. The lowest BCUT2D eigenvalue weighted by molar-refractivity contribution is 0.0701. The summed E-state index contributed by atoms with van der Waals surface area (Å²) < 4.78 is 26.5. The molecule has 1 unspecified atom stereocenters. The zero-order valence-corrected chi connectivity index (χ0v) is 12.7. The van der Waals surface area contributed by atoms with Crippen LogP contribution in [-0.4, -0.2) is 48.1 Å². The smallest absolute Gasteiger partial charge is 0.346 e. The molecular formula is C12H17NO5S2. The molecule has 0 spiro atoms. The summed E-state index contributed by atoms with van der Waals surface area (Å²) in [4.78, 5) is 11.1. The minimum absolute atomic E-state index is 0.0350. The molecule has 2 heterocycles. The topological polar surface area (TPSA) is 94.9 Å². The fourth-order valence-corrected chi connectivity index (χ4v) is 5.57. The normalized spacial score (nSPS) is 21.0. The van der Waals surface area contributed by atoms with E-state index in [9.17, 15) is 18.3 Å². The molecule has 0 aromatic carbocycles. The fourth-order valence-electron chi connectivity index (χ4n) is 2.38. The summed E-state index contributed by atoms with van der Waals surface area (Å²) in [5, 5.41) is 18.3.